The van der Waals surface area contributed by atoms with Crippen molar-refractivity contribution in [3.05, 3.63) is 29.8 Å². The van der Waals surface area contributed by atoms with Gasteiger partial charge in [0.1, 0.15) is 0 Å². The Morgan fingerprint density at radius 2 is 2.06 bits per heavy atom. The van der Waals surface area contributed by atoms with Crippen LogP contribution >= 0.6 is 0 Å². The second kappa shape index (κ2) is 6.03. The number of aliphatic hydroxyl groups is 1. The second-order valence-electron chi connectivity index (χ2n) is 4.69. The number of ether oxygens (including phenoxy) is 1. The van der Waals surface area contributed by atoms with Crippen molar-refractivity contribution in [1.29, 1.82) is 0 Å². The Morgan fingerprint density at radius 1 is 1.29 bits per heavy atom. The fourth-order valence-corrected chi connectivity index (χ4v) is 2.42. The minimum Gasteiger partial charge on any atom is -0.391 e. The minimum absolute atomic E-state index is 0.182. The van der Waals surface area contributed by atoms with Gasteiger partial charge in [-0.05, 0) is 18.9 Å². The maximum Gasteiger partial charge on any atom is 0.0741 e. The molecule has 94 valence electrons. The molecule has 17 heavy (non-hydrogen) atoms. The third-order valence-corrected chi connectivity index (χ3v) is 3.39. The summed E-state index contributed by atoms with van der Waals surface area (Å²) in [7, 11) is 1.70. The number of hydrogen-bond acceptors (Lipinski definition) is 3. The van der Waals surface area contributed by atoms with Crippen molar-refractivity contribution in [3.63, 3.8) is 0 Å². The van der Waals surface area contributed by atoms with Crippen LogP contribution < -0.4 is 5.32 Å². The Kier molecular flexibility index (Phi) is 4.40. The molecule has 2 N–H and O–H groups in total. The largest absolute Gasteiger partial charge is 0.391 e. The van der Waals surface area contributed by atoms with Crippen LogP contribution in [0.2, 0.25) is 0 Å². The molecule has 2 atom stereocenters. The van der Waals surface area contributed by atoms with Crippen molar-refractivity contribution in [2.45, 2.75) is 44.4 Å². The summed E-state index contributed by atoms with van der Waals surface area (Å²) in [5.74, 6) is 0. The maximum atomic E-state index is 9.96. The van der Waals surface area contributed by atoms with Crippen molar-refractivity contribution in [2.75, 3.05) is 12.4 Å². The lowest BCUT2D eigenvalue weighted by molar-refractivity contribution is 0.116. The zero-order valence-electron chi connectivity index (χ0n) is 10.4. The lowest BCUT2D eigenvalue weighted by Crippen LogP contribution is -2.36. The first-order valence-electron chi connectivity index (χ1n) is 6.32. The molecule has 0 radical (unpaired) electrons. The smallest absolute Gasteiger partial charge is 0.0741 e. The second-order valence-corrected chi connectivity index (χ2v) is 4.69. The first-order chi connectivity index (χ1) is 8.31. The van der Waals surface area contributed by atoms with E-state index >= 15 is 0 Å². The lowest BCUT2D eigenvalue weighted by Gasteiger charge is -2.30. The molecule has 0 amide bonds. The summed E-state index contributed by atoms with van der Waals surface area (Å²) in [6.45, 7) is 0.603. The van der Waals surface area contributed by atoms with Gasteiger partial charge in [0, 0.05) is 18.4 Å². The van der Waals surface area contributed by atoms with E-state index in [0.717, 1.165) is 30.5 Å². The fraction of sp³-hybridized carbons (Fsp3) is 0.571. The van der Waals surface area contributed by atoms with E-state index in [-0.39, 0.29) is 12.1 Å². The average molecular weight is 235 g/mol. The van der Waals surface area contributed by atoms with Crippen molar-refractivity contribution in [2.24, 2.45) is 0 Å². The van der Waals surface area contributed by atoms with E-state index in [9.17, 15) is 5.11 Å². The molecule has 1 aromatic carbocycles. The van der Waals surface area contributed by atoms with E-state index in [0.29, 0.717) is 6.61 Å². The van der Waals surface area contributed by atoms with Crippen molar-refractivity contribution >= 4 is 5.69 Å². The standard InChI is InChI=1S/C14H21NO2/c1-17-10-11-6-2-3-7-12(11)15-13-8-4-5-9-14(13)16/h2-3,6-7,13-16H,4-5,8-10H2,1H3/t13-,14-/m1/s1. The summed E-state index contributed by atoms with van der Waals surface area (Å²) in [5, 5.41) is 13.4. The number of methoxy groups -OCH3 is 1. The van der Waals surface area contributed by atoms with Crippen LogP contribution in [0.15, 0.2) is 24.3 Å². The van der Waals surface area contributed by atoms with Crippen LogP contribution in [0, 0.1) is 0 Å². The number of anilines is 1. The van der Waals surface area contributed by atoms with Crippen LogP contribution in [0.1, 0.15) is 31.2 Å². The van der Waals surface area contributed by atoms with Crippen molar-refractivity contribution < 1.29 is 9.84 Å². The first kappa shape index (κ1) is 12.4. The van der Waals surface area contributed by atoms with E-state index in [1.54, 1.807) is 7.11 Å². The molecule has 1 aliphatic carbocycles. The van der Waals surface area contributed by atoms with Gasteiger partial charge in [-0.25, -0.2) is 0 Å². The van der Waals surface area contributed by atoms with Gasteiger partial charge in [-0.2, -0.15) is 0 Å². The zero-order chi connectivity index (χ0) is 12.1. The van der Waals surface area contributed by atoms with Gasteiger partial charge in [0.05, 0.1) is 18.8 Å². The molecule has 1 aliphatic rings. The summed E-state index contributed by atoms with van der Waals surface area (Å²) in [4.78, 5) is 0. The molecular weight excluding hydrogens is 214 g/mol. The average Bonchev–Trinajstić information content (AvgIpc) is 2.35. The Hall–Kier alpha value is -1.06. The predicted molar refractivity (Wildman–Crippen MR) is 69.0 cm³/mol. The summed E-state index contributed by atoms with van der Waals surface area (Å²) >= 11 is 0. The summed E-state index contributed by atoms with van der Waals surface area (Å²) < 4.78 is 5.18. The highest BCUT2D eigenvalue weighted by molar-refractivity contribution is 5.51. The highest BCUT2D eigenvalue weighted by atomic mass is 16.5. The Bertz CT molecular complexity index is 354. The highest BCUT2D eigenvalue weighted by Crippen LogP contribution is 2.24. The highest BCUT2D eigenvalue weighted by Gasteiger charge is 2.23. The third kappa shape index (κ3) is 3.20. The van der Waals surface area contributed by atoms with Gasteiger partial charge in [0.25, 0.3) is 0 Å². The molecule has 3 heteroatoms. The Balaban J connectivity index is 2.06. The maximum absolute atomic E-state index is 9.96. The van der Waals surface area contributed by atoms with Gasteiger partial charge in [0.15, 0.2) is 0 Å². The molecule has 3 nitrogen and oxygen atoms in total. The SMILES string of the molecule is COCc1ccccc1N[C@@H]1CCCC[C@H]1O. The quantitative estimate of drug-likeness (QED) is 0.842. The molecule has 0 heterocycles. The van der Waals surface area contributed by atoms with Gasteiger partial charge in [-0.1, -0.05) is 31.0 Å². The first-order valence-corrected chi connectivity index (χ1v) is 6.32. The van der Waals surface area contributed by atoms with Gasteiger partial charge < -0.3 is 15.2 Å². The van der Waals surface area contributed by atoms with Crippen LogP contribution in [0.5, 0.6) is 0 Å². The number of aliphatic hydroxyl groups excluding tert-OH is 1. The van der Waals surface area contributed by atoms with Crippen LogP contribution in [0.25, 0.3) is 0 Å². The molecule has 2 rings (SSSR count). The van der Waals surface area contributed by atoms with Crippen molar-refractivity contribution in [3.8, 4) is 0 Å². The van der Waals surface area contributed by atoms with Gasteiger partial charge in [-0.15, -0.1) is 0 Å². The van der Waals surface area contributed by atoms with Gasteiger partial charge >= 0.3 is 0 Å². The molecule has 0 aliphatic heterocycles. The molecule has 0 saturated heterocycles. The number of hydrogen-bond donors (Lipinski definition) is 2. The normalized spacial score (nSPS) is 24.6. The van der Waals surface area contributed by atoms with Crippen LogP contribution in [-0.2, 0) is 11.3 Å². The van der Waals surface area contributed by atoms with Gasteiger partial charge in [-0.3, -0.25) is 0 Å². The van der Waals surface area contributed by atoms with Crippen LogP contribution in [0.4, 0.5) is 5.69 Å². The molecule has 0 spiro atoms. The van der Waals surface area contributed by atoms with Gasteiger partial charge in [0.2, 0.25) is 0 Å². The number of benzene rings is 1. The Morgan fingerprint density at radius 3 is 2.82 bits per heavy atom. The monoisotopic (exact) mass is 235 g/mol. The van der Waals surface area contributed by atoms with Crippen LogP contribution in [-0.4, -0.2) is 24.4 Å². The summed E-state index contributed by atoms with van der Waals surface area (Å²) in [5.41, 5.74) is 2.23. The topological polar surface area (TPSA) is 41.5 Å². The summed E-state index contributed by atoms with van der Waals surface area (Å²) in [6.07, 6.45) is 4.06. The van der Waals surface area contributed by atoms with Crippen molar-refractivity contribution in [1.82, 2.24) is 0 Å². The van der Waals surface area contributed by atoms with E-state index < -0.39 is 0 Å². The molecule has 1 aromatic rings. The Labute approximate surface area is 103 Å². The molecule has 1 fully saturated rings. The zero-order valence-corrected chi connectivity index (χ0v) is 10.4. The van der Waals surface area contributed by atoms with E-state index in [1.165, 1.54) is 6.42 Å². The van der Waals surface area contributed by atoms with E-state index in [2.05, 4.69) is 17.4 Å². The van der Waals surface area contributed by atoms with E-state index in [4.69, 9.17) is 4.74 Å². The van der Waals surface area contributed by atoms with E-state index in [1.807, 2.05) is 12.1 Å². The molecule has 0 bridgehead atoms. The lowest BCUT2D eigenvalue weighted by atomic mass is 9.92. The number of para-hydroxylation sites is 1. The molecule has 1 saturated carbocycles. The number of nitrogens with one attached hydrogen (secondary N) is 1. The van der Waals surface area contributed by atoms with Crippen LogP contribution in [0.3, 0.4) is 0 Å². The summed E-state index contributed by atoms with van der Waals surface area (Å²) in [6, 6.07) is 8.31. The minimum atomic E-state index is -0.223. The molecular formula is C14H21NO2. The predicted octanol–water partition coefficient (Wildman–Crippen LogP) is 2.55. The molecule has 0 unspecified atom stereocenters. The number of rotatable bonds is 4. The third-order valence-electron chi connectivity index (χ3n) is 3.39. The fourth-order valence-electron chi connectivity index (χ4n) is 2.42. The molecule has 0 aromatic heterocycles.